The monoisotopic (exact) mass is 292 g/mol. The minimum Gasteiger partial charge on any atom is -0.493 e. The van der Waals surface area contributed by atoms with Gasteiger partial charge in [-0.25, -0.2) is 0 Å². The maximum Gasteiger partial charge on any atom is 0.236 e. The molecule has 1 aromatic carbocycles. The third kappa shape index (κ3) is 5.10. The Bertz CT molecular complexity index is 521. The van der Waals surface area contributed by atoms with E-state index in [4.69, 9.17) is 18.9 Å². The summed E-state index contributed by atoms with van der Waals surface area (Å²) in [5.74, 6) is 5.90. The molecule has 0 radical (unpaired) electrons. The van der Waals surface area contributed by atoms with Crippen molar-refractivity contribution in [2.24, 2.45) is 0 Å². The molecule has 1 rings (SSSR count). The molecule has 0 heterocycles. The van der Waals surface area contributed by atoms with Crippen LogP contribution in [0.15, 0.2) is 18.2 Å². The fourth-order valence-electron chi connectivity index (χ4n) is 1.61. The fraction of sp³-hybridized carbons (Fsp3) is 0.438. The Kier molecular flexibility index (Phi) is 7.30. The molecule has 0 bridgehead atoms. The summed E-state index contributed by atoms with van der Waals surface area (Å²) < 4.78 is 20.8. The third-order valence-corrected chi connectivity index (χ3v) is 2.59. The zero-order chi connectivity index (χ0) is 15.7. The van der Waals surface area contributed by atoms with Gasteiger partial charge in [0.25, 0.3) is 0 Å². The molecule has 0 aliphatic heterocycles. The summed E-state index contributed by atoms with van der Waals surface area (Å²) in [7, 11) is 3.05. The van der Waals surface area contributed by atoms with Crippen LogP contribution in [0.2, 0.25) is 0 Å². The standard InChI is InChI=1S/C16H20O5/c1-5-20-16(21-6-2)10-8-13(17)12-7-9-14(18-3)15(11-12)19-4/h7,9,11,16H,5-6H2,1-4H3. The molecule has 0 aromatic heterocycles. The smallest absolute Gasteiger partial charge is 0.236 e. The molecule has 0 saturated carbocycles. The second-order valence-corrected chi connectivity index (χ2v) is 3.91. The molecule has 114 valence electrons. The van der Waals surface area contributed by atoms with E-state index in [0.29, 0.717) is 30.3 Å². The van der Waals surface area contributed by atoms with Crippen LogP contribution >= 0.6 is 0 Å². The number of benzene rings is 1. The number of rotatable bonds is 7. The molecule has 0 saturated heterocycles. The molecule has 0 aliphatic carbocycles. The van der Waals surface area contributed by atoms with Crippen molar-refractivity contribution in [2.75, 3.05) is 27.4 Å². The molecule has 5 nitrogen and oxygen atoms in total. The van der Waals surface area contributed by atoms with Gasteiger partial charge in [0.05, 0.1) is 14.2 Å². The second-order valence-electron chi connectivity index (χ2n) is 3.91. The van der Waals surface area contributed by atoms with Crippen LogP contribution in [-0.4, -0.2) is 39.5 Å². The molecule has 0 unspecified atom stereocenters. The van der Waals surface area contributed by atoms with Crippen LogP contribution in [0.5, 0.6) is 11.5 Å². The van der Waals surface area contributed by atoms with Crippen molar-refractivity contribution in [3.05, 3.63) is 23.8 Å². The normalized spacial score (nSPS) is 9.95. The highest BCUT2D eigenvalue weighted by Gasteiger charge is 2.09. The Morgan fingerprint density at radius 3 is 2.24 bits per heavy atom. The lowest BCUT2D eigenvalue weighted by Crippen LogP contribution is -2.15. The first-order chi connectivity index (χ1) is 10.2. The van der Waals surface area contributed by atoms with Crippen molar-refractivity contribution >= 4 is 5.78 Å². The number of ether oxygens (including phenoxy) is 4. The van der Waals surface area contributed by atoms with Crippen molar-refractivity contribution in [2.45, 2.75) is 20.1 Å². The minimum atomic E-state index is -0.691. The number of methoxy groups -OCH3 is 2. The summed E-state index contributed by atoms with van der Waals surface area (Å²) in [4.78, 5) is 12.0. The Morgan fingerprint density at radius 2 is 1.71 bits per heavy atom. The van der Waals surface area contributed by atoms with Gasteiger partial charge in [-0.2, -0.15) is 0 Å². The fourth-order valence-corrected chi connectivity index (χ4v) is 1.61. The maximum absolute atomic E-state index is 12.0. The quantitative estimate of drug-likeness (QED) is 0.334. The second kappa shape index (κ2) is 9.01. The van der Waals surface area contributed by atoms with E-state index < -0.39 is 6.29 Å². The van der Waals surface area contributed by atoms with Crippen LogP contribution in [0.4, 0.5) is 0 Å². The minimum absolute atomic E-state index is 0.333. The van der Waals surface area contributed by atoms with Gasteiger partial charge in [0.2, 0.25) is 12.1 Å². The number of hydrogen-bond acceptors (Lipinski definition) is 5. The molecule has 0 aliphatic rings. The van der Waals surface area contributed by atoms with E-state index in [1.165, 1.54) is 14.2 Å². The Balaban J connectivity index is 2.89. The van der Waals surface area contributed by atoms with E-state index in [1.54, 1.807) is 18.2 Å². The number of carbonyl (C=O) groups excluding carboxylic acids is 1. The summed E-state index contributed by atoms with van der Waals surface area (Å²) >= 11 is 0. The molecular weight excluding hydrogens is 272 g/mol. The highest BCUT2D eigenvalue weighted by Crippen LogP contribution is 2.27. The lowest BCUT2D eigenvalue weighted by Gasteiger charge is -2.09. The largest absolute Gasteiger partial charge is 0.493 e. The maximum atomic E-state index is 12.0. The summed E-state index contributed by atoms with van der Waals surface area (Å²) in [5.41, 5.74) is 0.423. The van der Waals surface area contributed by atoms with Gasteiger partial charge < -0.3 is 18.9 Å². The van der Waals surface area contributed by atoms with E-state index in [0.717, 1.165) is 0 Å². The van der Waals surface area contributed by atoms with Gasteiger partial charge in [0.1, 0.15) is 0 Å². The van der Waals surface area contributed by atoms with Crippen LogP contribution in [-0.2, 0) is 9.47 Å². The van der Waals surface area contributed by atoms with Gasteiger partial charge in [-0.15, -0.1) is 0 Å². The van der Waals surface area contributed by atoms with Crippen molar-refractivity contribution < 1.29 is 23.7 Å². The molecule has 0 fully saturated rings. The molecule has 21 heavy (non-hydrogen) atoms. The first-order valence-corrected chi connectivity index (χ1v) is 6.67. The van der Waals surface area contributed by atoms with E-state index in [9.17, 15) is 4.79 Å². The first-order valence-electron chi connectivity index (χ1n) is 6.67. The number of hydrogen-bond donors (Lipinski definition) is 0. The van der Waals surface area contributed by atoms with Gasteiger partial charge in [-0.3, -0.25) is 4.79 Å². The third-order valence-electron chi connectivity index (χ3n) is 2.59. The molecule has 0 spiro atoms. The summed E-state index contributed by atoms with van der Waals surface area (Å²) in [6, 6.07) is 4.89. The lowest BCUT2D eigenvalue weighted by molar-refractivity contribution is -0.0970. The van der Waals surface area contributed by atoms with Gasteiger partial charge >= 0.3 is 0 Å². The summed E-state index contributed by atoms with van der Waals surface area (Å²) in [6.45, 7) is 4.60. The predicted molar refractivity (Wildman–Crippen MR) is 78.7 cm³/mol. The summed E-state index contributed by atoms with van der Waals surface area (Å²) in [5, 5.41) is 0. The average Bonchev–Trinajstić information content (AvgIpc) is 2.52. The van der Waals surface area contributed by atoms with Crippen molar-refractivity contribution in [1.82, 2.24) is 0 Å². The van der Waals surface area contributed by atoms with Crippen LogP contribution < -0.4 is 9.47 Å². The molecule has 0 amide bonds. The van der Waals surface area contributed by atoms with Crippen LogP contribution in [0.25, 0.3) is 0 Å². The van der Waals surface area contributed by atoms with Gasteiger partial charge in [-0.1, -0.05) is 0 Å². The molecule has 5 heteroatoms. The lowest BCUT2D eigenvalue weighted by atomic mass is 10.1. The van der Waals surface area contributed by atoms with Crippen LogP contribution in [0, 0.1) is 11.8 Å². The SMILES string of the molecule is CCOC(C#CC(=O)c1ccc(OC)c(OC)c1)OCC. The zero-order valence-corrected chi connectivity index (χ0v) is 12.8. The highest BCUT2D eigenvalue weighted by atomic mass is 16.7. The number of ketones is 1. The van der Waals surface area contributed by atoms with Gasteiger partial charge in [-0.05, 0) is 43.9 Å². The van der Waals surface area contributed by atoms with Gasteiger partial charge in [0.15, 0.2) is 11.5 Å². The number of carbonyl (C=O) groups is 1. The summed E-state index contributed by atoms with van der Waals surface area (Å²) in [6.07, 6.45) is -0.691. The van der Waals surface area contributed by atoms with Crippen molar-refractivity contribution in [3.8, 4) is 23.3 Å². The Hall–Kier alpha value is -2.03. The molecule has 1 aromatic rings. The molecule has 0 atom stereocenters. The Morgan fingerprint density at radius 1 is 1.10 bits per heavy atom. The van der Waals surface area contributed by atoms with E-state index in [2.05, 4.69) is 11.8 Å². The van der Waals surface area contributed by atoms with E-state index >= 15 is 0 Å². The van der Waals surface area contributed by atoms with Crippen LogP contribution in [0.1, 0.15) is 24.2 Å². The molecule has 0 N–H and O–H groups in total. The van der Waals surface area contributed by atoms with Gasteiger partial charge in [0, 0.05) is 18.8 Å². The van der Waals surface area contributed by atoms with Crippen molar-refractivity contribution in [3.63, 3.8) is 0 Å². The van der Waals surface area contributed by atoms with E-state index in [1.807, 2.05) is 13.8 Å². The van der Waals surface area contributed by atoms with E-state index in [-0.39, 0.29) is 5.78 Å². The Labute approximate surface area is 125 Å². The highest BCUT2D eigenvalue weighted by molar-refractivity contribution is 6.09. The first kappa shape index (κ1) is 17.0. The topological polar surface area (TPSA) is 54.0 Å². The molecular formula is C16H20O5. The van der Waals surface area contributed by atoms with Crippen molar-refractivity contribution in [1.29, 1.82) is 0 Å². The van der Waals surface area contributed by atoms with Crippen LogP contribution in [0.3, 0.4) is 0 Å². The zero-order valence-electron chi connectivity index (χ0n) is 12.8. The predicted octanol–water partition coefficient (Wildman–Crippen LogP) is 2.29. The number of Topliss-reactive ketones (excluding diaryl/α,β-unsaturated/α-hetero) is 1. The average molecular weight is 292 g/mol.